The van der Waals surface area contributed by atoms with Crippen molar-refractivity contribution in [2.45, 2.75) is 77.4 Å². The molecule has 0 spiro atoms. The number of ether oxygens (including phenoxy) is 3. The summed E-state index contributed by atoms with van der Waals surface area (Å²) in [6.07, 6.45) is -0.556. The molecule has 2 fully saturated rings. The van der Waals surface area contributed by atoms with Gasteiger partial charge in [0, 0.05) is 31.7 Å². The first-order valence-electron chi connectivity index (χ1n) is 12.6. The van der Waals surface area contributed by atoms with E-state index in [1.54, 1.807) is 19.9 Å². The number of methoxy groups -OCH3 is 1. The quantitative estimate of drug-likeness (QED) is 0.499. The monoisotopic (exact) mass is 556 g/mol. The van der Waals surface area contributed by atoms with Gasteiger partial charge < -0.3 is 29.5 Å². The van der Waals surface area contributed by atoms with Crippen molar-refractivity contribution in [3.05, 3.63) is 47.5 Å². The largest absolute Gasteiger partial charge is 0.387 e. The number of allylic oxidation sites excluding steroid dienone is 1. The van der Waals surface area contributed by atoms with Crippen LogP contribution >= 0.6 is 11.8 Å². The van der Waals surface area contributed by atoms with E-state index in [4.69, 9.17) is 14.2 Å². The zero-order valence-corrected chi connectivity index (χ0v) is 23.5. The van der Waals surface area contributed by atoms with Gasteiger partial charge in [-0.15, -0.1) is 0 Å². The summed E-state index contributed by atoms with van der Waals surface area (Å²) < 4.78 is 44.3. The minimum atomic E-state index is -1.22. The summed E-state index contributed by atoms with van der Waals surface area (Å²) in [5, 5.41) is 13.8. The fourth-order valence-electron chi connectivity index (χ4n) is 4.33. The van der Waals surface area contributed by atoms with E-state index in [2.05, 4.69) is 5.32 Å². The molecule has 2 saturated heterocycles. The summed E-state index contributed by atoms with van der Waals surface area (Å²) in [6, 6.07) is 2.63. The number of benzene rings is 1. The summed E-state index contributed by atoms with van der Waals surface area (Å²) in [5.41, 5.74) is 0.293. The summed E-state index contributed by atoms with van der Waals surface area (Å²) in [6.45, 7) is 9.89. The van der Waals surface area contributed by atoms with Gasteiger partial charge in [-0.05, 0) is 37.0 Å². The van der Waals surface area contributed by atoms with E-state index in [1.165, 1.54) is 29.8 Å². The Balaban J connectivity index is 1.74. The predicted octanol–water partition coefficient (Wildman–Crippen LogP) is 3.02. The first kappa shape index (κ1) is 30.5. The maximum absolute atomic E-state index is 13.7. The van der Waals surface area contributed by atoms with E-state index in [0.29, 0.717) is 23.6 Å². The Kier molecular flexibility index (Phi) is 9.97. The number of aliphatic hydroxyl groups excluding tert-OH is 1. The number of amides is 2. The topological polar surface area (TPSA) is 97.3 Å². The smallest absolute Gasteiger partial charge is 0.252 e. The minimum Gasteiger partial charge on any atom is -0.387 e. The van der Waals surface area contributed by atoms with Gasteiger partial charge in [-0.1, -0.05) is 39.0 Å². The molecular weight excluding hydrogens is 518 g/mol. The van der Waals surface area contributed by atoms with Crippen LogP contribution in [0.4, 0.5) is 8.78 Å². The number of rotatable bonds is 7. The highest BCUT2D eigenvalue weighted by Crippen LogP contribution is 2.31. The average molecular weight is 557 g/mol. The Morgan fingerprint density at radius 2 is 2.03 bits per heavy atom. The molecule has 2 aliphatic heterocycles. The molecule has 212 valence electrons. The van der Waals surface area contributed by atoms with Gasteiger partial charge in [0.2, 0.25) is 5.91 Å². The first-order valence-corrected chi connectivity index (χ1v) is 13.7. The molecule has 8 nitrogen and oxygen atoms in total. The summed E-state index contributed by atoms with van der Waals surface area (Å²) in [7, 11) is 1.34. The summed E-state index contributed by atoms with van der Waals surface area (Å²) in [4.78, 5) is 28.2. The normalized spacial score (nSPS) is 27.3. The number of carbonyl (C=O) groups excluding carboxylic acids is 2. The molecule has 2 heterocycles. The van der Waals surface area contributed by atoms with Crippen LogP contribution in [0.15, 0.2) is 30.4 Å². The molecular formula is C27H38F2N2O6S. The lowest BCUT2D eigenvalue weighted by atomic mass is 9.93. The van der Waals surface area contributed by atoms with Gasteiger partial charge in [0.15, 0.2) is 23.5 Å². The van der Waals surface area contributed by atoms with E-state index in [0.717, 1.165) is 12.1 Å². The number of carbonyl (C=O) groups is 2. The third-order valence-corrected chi connectivity index (χ3v) is 7.22. The SMILES string of the molecule is CO[C@@H](C(=O)NC1CSCCN(Cc2ccc(F)c(F)c2)C1=O)[C@@H]1OC(C)(C)O[C@H](C=CC(C)(C)C)[C@@H]1O. The highest BCUT2D eigenvalue weighted by molar-refractivity contribution is 7.99. The molecule has 1 aromatic carbocycles. The molecule has 1 aromatic rings. The van der Waals surface area contributed by atoms with Crippen molar-refractivity contribution in [3.63, 3.8) is 0 Å². The van der Waals surface area contributed by atoms with Gasteiger partial charge in [0.1, 0.15) is 24.4 Å². The van der Waals surface area contributed by atoms with Crippen LogP contribution < -0.4 is 5.32 Å². The van der Waals surface area contributed by atoms with Crippen molar-refractivity contribution < 1.29 is 37.7 Å². The van der Waals surface area contributed by atoms with Gasteiger partial charge in [-0.3, -0.25) is 9.59 Å². The highest BCUT2D eigenvalue weighted by Gasteiger charge is 2.48. The van der Waals surface area contributed by atoms with Crippen LogP contribution in [0.1, 0.15) is 40.2 Å². The van der Waals surface area contributed by atoms with Gasteiger partial charge in [-0.25, -0.2) is 8.78 Å². The molecule has 2 N–H and O–H groups in total. The van der Waals surface area contributed by atoms with E-state index in [-0.39, 0.29) is 17.9 Å². The van der Waals surface area contributed by atoms with Crippen LogP contribution in [0.3, 0.4) is 0 Å². The number of nitrogens with one attached hydrogen (secondary N) is 1. The fourth-order valence-corrected chi connectivity index (χ4v) is 5.31. The molecule has 11 heteroatoms. The van der Waals surface area contributed by atoms with Gasteiger partial charge in [-0.2, -0.15) is 11.8 Å². The lowest BCUT2D eigenvalue weighted by Crippen LogP contribution is -2.62. The third-order valence-electron chi connectivity index (χ3n) is 6.18. The zero-order chi connectivity index (χ0) is 28.3. The lowest BCUT2D eigenvalue weighted by molar-refractivity contribution is -0.334. The minimum absolute atomic E-state index is 0.0778. The number of aliphatic hydroxyl groups is 1. The fraction of sp³-hybridized carbons (Fsp3) is 0.630. The summed E-state index contributed by atoms with van der Waals surface area (Å²) in [5.74, 6) is -3.06. The molecule has 0 saturated carbocycles. The second-order valence-corrected chi connectivity index (χ2v) is 12.2. The number of hydrogen-bond acceptors (Lipinski definition) is 7. The van der Waals surface area contributed by atoms with Gasteiger partial charge >= 0.3 is 0 Å². The molecule has 0 radical (unpaired) electrons. The molecule has 5 atom stereocenters. The molecule has 2 amide bonds. The van der Waals surface area contributed by atoms with Crippen molar-refractivity contribution >= 4 is 23.6 Å². The van der Waals surface area contributed by atoms with E-state index in [9.17, 15) is 23.5 Å². The second kappa shape index (κ2) is 12.4. The van der Waals surface area contributed by atoms with Crippen molar-refractivity contribution in [1.82, 2.24) is 10.2 Å². The molecule has 1 unspecified atom stereocenters. The van der Waals surface area contributed by atoms with Crippen molar-refractivity contribution in [3.8, 4) is 0 Å². The molecule has 3 rings (SSSR count). The second-order valence-electron chi connectivity index (χ2n) is 11.1. The number of nitrogens with zero attached hydrogens (tertiary/aromatic N) is 1. The van der Waals surface area contributed by atoms with Crippen molar-refractivity contribution in [1.29, 1.82) is 0 Å². The van der Waals surface area contributed by atoms with Crippen LogP contribution in [-0.2, 0) is 30.3 Å². The van der Waals surface area contributed by atoms with Crippen LogP contribution in [0.5, 0.6) is 0 Å². The molecule has 38 heavy (non-hydrogen) atoms. The first-order chi connectivity index (χ1) is 17.7. The van der Waals surface area contributed by atoms with Gasteiger partial charge in [0.05, 0.1) is 0 Å². The molecule has 2 aliphatic rings. The maximum Gasteiger partial charge on any atom is 0.252 e. The van der Waals surface area contributed by atoms with Gasteiger partial charge in [0.25, 0.3) is 5.91 Å². The van der Waals surface area contributed by atoms with E-state index < -0.39 is 53.8 Å². The van der Waals surface area contributed by atoms with Crippen LogP contribution in [0, 0.1) is 17.0 Å². The summed E-state index contributed by atoms with van der Waals surface area (Å²) >= 11 is 1.49. The van der Waals surface area contributed by atoms with Crippen LogP contribution in [0.25, 0.3) is 0 Å². The molecule has 0 bridgehead atoms. The molecule has 0 aliphatic carbocycles. The predicted molar refractivity (Wildman–Crippen MR) is 140 cm³/mol. The Labute approximate surface area is 227 Å². The Morgan fingerprint density at radius 3 is 2.66 bits per heavy atom. The Hall–Kier alpha value is -2.05. The van der Waals surface area contributed by atoms with E-state index in [1.807, 2.05) is 26.8 Å². The number of thioether (sulfide) groups is 1. The van der Waals surface area contributed by atoms with E-state index >= 15 is 0 Å². The lowest BCUT2D eigenvalue weighted by Gasteiger charge is -2.45. The average Bonchev–Trinajstić information content (AvgIpc) is 2.98. The van der Waals surface area contributed by atoms with Crippen molar-refractivity contribution in [2.24, 2.45) is 5.41 Å². The molecule has 0 aromatic heterocycles. The standard InChI is InChI=1S/C27H38F2N2O6S/c1-26(2,3)10-9-20-21(32)22(37-27(4,5)36-20)23(35-6)24(33)30-19-15-38-12-11-31(25(19)34)14-16-7-8-17(28)18(29)13-16/h7-10,13,19-23,32H,11-12,14-15H2,1-6H3,(H,30,33)/t19?,20-,21+,22-,23-/m1/s1. The number of hydrogen-bond donors (Lipinski definition) is 2. The zero-order valence-electron chi connectivity index (χ0n) is 22.7. The van der Waals surface area contributed by atoms with Crippen LogP contribution in [-0.4, -0.2) is 83.2 Å². The highest BCUT2D eigenvalue weighted by atomic mass is 32.2. The third kappa shape index (κ3) is 7.98. The maximum atomic E-state index is 13.7. The van der Waals surface area contributed by atoms with Crippen molar-refractivity contribution in [2.75, 3.05) is 25.2 Å². The number of halogens is 2. The Bertz CT molecular complexity index is 1030. The van der Waals surface area contributed by atoms with Crippen LogP contribution in [0.2, 0.25) is 0 Å². The Morgan fingerprint density at radius 1 is 1.32 bits per heavy atom.